The first kappa shape index (κ1) is 14.0. The van der Waals surface area contributed by atoms with E-state index in [1.807, 2.05) is 32.0 Å². The van der Waals surface area contributed by atoms with Gasteiger partial charge in [0.1, 0.15) is 11.5 Å². The molecule has 3 heteroatoms. The summed E-state index contributed by atoms with van der Waals surface area (Å²) in [6.45, 7) is 4.07. The zero-order valence-corrected chi connectivity index (χ0v) is 13.2. The average molecular weight is 298 g/mol. The quantitative estimate of drug-likeness (QED) is 0.645. The summed E-state index contributed by atoms with van der Waals surface area (Å²) in [5.41, 5.74) is 1.21. The molecule has 0 fully saturated rings. The number of hydrogen-bond donors (Lipinski definition) is 0. The topological polar surface area (TPSA) is 18.5 Å². The molecular formula is C18H18O2S. The Kier molecular flexibility index (Phi) is 3.84. The Labute approximate surface area is 128 Å². The van der Waals surface area contributed by atoms with Crippen LogP contribution in [0.3, 0.4) is 0 Å². The number of hydrogen-bond acceptors (Lipinski definition) is 3. The Morgan fingerprint density at radius 1 is 0.905 bits per heavy atom. The van der Waals surface area contributed by atoms with E-state index in [-0.39, 0.29) is 6.10 Å². The Bertz CT molecular complexity index is 742. The van der Waals surface area contributed by atoms with Gasteiger partial charge in [-0.2, -0.15) is 0 Å². The van der Waals surface area contributed by atoms with Gasteiger partial charge in [0, 0.05) is 9.58 Å². The Morgan fingerprint density at radius 2 is 1.62 bits per heavy atom. The summed E-state index contributed by atoms with van der Waals surface area (Å²) < 4.78 is 12.2. The summed E-state index contributed by atoms with van der Waals surface area (Å²) in [6, 6.07) is 16.7. The monoisotopic (exact) mass is 298 g/mol. The van der Waals surface area contributed by atoms with E-state index >= 15 is 0 Å². The van der Waals surface area contributed by atoms with Crippen LogP contribution in [0.5, 0.6) is 11.5 Å². The van der Waals surface area contributed by atoms with Gasteiger partial charge < -0.3 is 9.47 Å². The van der Waals surface area contributed by atoms with Crippen molar-refractivity contribution < 1.29 is 9.47 Å². The van der Waals surface area contributed by atoms with Crippen molar-refractivity contribution in [2.75, 3.05) is 7.11 Å². The second-order valence-corrected chi connectivity index (χ2v) is 6.29. The minimum absolute atomic E-state index is 0.202. The van der Waals surface area contributed by atoms with Crippen LogP contribution in [0.2, 0.25) is 0 Å². The van der Waals surface area contributed by atoms with Gasteiger partial charge in [-0.3, -0.25) is 0 Å². The average Bonchev–Trinajstić information content (AvgIpc) is 2.90. The van der Waals surface area contributed by atoms with E-state index < -0.39 is 0 Å². The highest BCUT2D eigenvalue weighted by atomic mass is 32.1. The van der Waals surface area contributed by atoms with Crippen molar-refractivity contribution in [3.05, 3.63) is 48.5 Å². The first-order valence-electron chi connectivity index (χ1n) is 7.00. The summed E-state index contributed by atoms with van der Waals surface area (Å²) in [6.07, 6.45) is 0.202. The normalized spacial score (nSPS) is 11.0. The fraction of sp³-hybridized carbons (Fsp3) is 0.222. The van der Waals surface area contributed by atoms with E-state index in [0.717, 1.165) is 11.5 Å². The van der Waals surface area contributed by atoms with Crippen LogP contribution in [-0.2, 0) is 0 Å². The summed E-state index contributed by atoms with van der Waals surface area (Å²) in [5, 5.41) is 1.25. The maximum absolute atomic E-state index is 5.68. The summed E-state index contributed by atoms with van der Waals surface area (Å²) in [7, 11) is 1.70. The lowest BCUT2D eigenvalue weighted by atomic mass is 10.1. The first-order chi connectivity index (χ1) is 10.2. The van der Waals surface area contributed by atoms with Gasteiger partial charge >= 0.3 is 0 Å². The van der Waals surface area contributed by atoms with E-state index in [1.54, 1.807) is 18.4 Å². The van der Waals surface area contributed by atoms with Crippen LogP contribution in [0, 0.1) is 0 Å². The minimum atomic E-state index is 0.202. The van der Waals surface area contributed by atoms with E-state index in [2.05, 4.69) is 30.3 Å². The molecule has 3 rings (SSSR count). The molecule has 0 amide bonds. The molecule has 21 heavy (non-hydrogen) atoms. The summed E-state index contributed by atoms with van der Waals surface area (Å²) >= 11 is 1.78. The predicted octanol–water partition coefficient (Wildman–Crippen LogP) is 5.36. The summed E-state index contributed by atoms with van der Waals surface area (Å²) in [5.74, 6) is 1.81. The van der Waals surface area contributed by atoms with Crippen molar-refractivity contribution in [3.63, 3.8) is 0 Å². The molecular weight excluding hydrogens is 280 g/mol. The molecule has 0 saturated heterocycles. The fourth-order valence-electron chi connectivity index (χ4n) is 2.25. The molecule has 2 nitrogen and oxygen atoms in total. The molecule has 0 aliphatic heterocycles. The number of methoxy groups -OCH3 is 1. The van der Waals surface area contributed by atoms with Crippen LogP contribution < -0.4 is 9.47 Å². The fourth-order valence-corrected chi connectivity index (χ4v) is 3.35. The number of thiophene rings is 1. The molecule has 1 heterocycles. The molecule has 3 aromatic rings. The highest BCUT2D eigenvalue weighted by molar-refractivity contribution is 7.22. The third kappa shape index (κ3) is 3.03. The van der Waals surface area contributed by atoms with E-state index in [0.29, 0.717) is 0 Å². The smallest absolute Gasteiger partial charge is 0.120 e. The van der Waals surface area contributed by atoms with Gasteiger partial charge in [0.15, 0.2) is 0 Å². The molecule has 0 N–H and O–H groups in total. The maximum Gasteiger partial charge on any atom is 0.120 e. The molecule has 0 bridgehead atoms. The lowest BCUT2D eigenvalue weighted by molar-refractivity contribution is 0.242. The zero-order chi connectivity index (χ0) is 14.8. The van der Waals surface area contributed by atoms with Crippen molar-refractivity contribution in [1.82, 2.24) is 0 Å². The highest BCUT2D eigenvalue weighted by Gasteiger charge is 2.06. The molecule has 108 valence electrons. The van der Waals surface area contributed by atoms with Gasteiger partial charge in [-0.25, -0.2) is 0 Å². The maximum atomic E-state index is 5.68. The third-order valence-corrected chi connectivity index (χ3v) is 4.38. The van der Waals surface area contributed by atoms with Gasteiger partial charge in [0.2, 0.25) is 0 Å². The van der Waals surface area contributed by atoms with Crippen LogP contribution in [0.4, 0.5) is 0 Å². The second kappa shape index (κ2) is 5.78. The molecule has 0 unspecified atom stereocenters. The molecule has 0 atom stereocenters. The highest BCUT2D eigenvalue weighted by Crippen LogP contribution is 2.35. The van der Waals surface area contributed by atoms with Crippen LogP contribution in [0.15, 0.2) is 48.5 Å². The van der Waals surface area contributed by atoms with Crippen molar-refractivity contribution >= 4 is 21.4 Å². The number of ether oxygens (including phenoxy) is 2. The van der Waals surface area contributed by atoms with Gasteiger partial charge in [-0.15, -0.1) is 11.3 Å². The molecule has 1 aromatic heterocycles. The Hall–Kier alpha value is -2.00. The van der Waals surface area contributed by atoms with E-state index in [9.17, 15) is 0 Å². The van der Waals surface area contributed by atoms with Crippen LogP contribution >= 0.6 is 11.3 Å². The molecule has 2 aromatic carbocycles. The number of rotatable bonds is 4. The second-order valence-electron chi connectivity index (χ2n) is 5.21. The van der Waals surface area contributed by atoms with Crippen molar-refractivity contribution in [2.24, 2.45) is 0 Å². The molecule has 0 radical (unpaired) electrons. The van der Waals surface area contributed by atoms with Gasteiger partial charge in [0.05, 0.1) is 13.2 Å². The van der Waals surface area contributed by atoms with Gasteiger partial charge in [0.25, 0.3) is 0 Å². The Morgan fingerprint density at radius 3 is 2.29 bits per heavy atom. The minimum Gasteiger partial charge on any atom is -0.497 e. The molecule has 0 aliphatic rings. The van der Waals surface area contributed by atoms with E-state index in [1.165, 1.54) is 20.5 Å². The largest absolute Gasteiger partial charge is 0.497 e. The third-order valence-electron chi connectivity index (χ3n) is 3.24. The van der Waals surface area contributed by atoms with Gasteiger partial charge in [-0.05, 0) is 73.3 Å². The van der Waals surface area contributed by atoms with Gasteiger partial charge in [-0.1, -0.05) is 0 Å². The van der Waals surface area contributed by atoms with Crippen LogP contribution in [0.25, 0.3) is 20.5 Å². The SMILES string of the molecule is COc1ccc2cc(-c3ccc(OC(C)C)cc3)sc2c1. The predicted molar refractivity (Wildman–Crippen MR) is 89.6 cm³/mol. The lowest BCUT2D eigenvalue weighted by Gasteiger charge is -2.09. The molecule has 0 spiro atoms. The first-order valence-corrected chi connectivity index (χ1v) is 7.82. The number of fused-ring (bicyclic) bond motifs is 1. The van der Waals surface area contributed by atoms with E-state index in [4.69, 9.17) is 9.47 Å². The lowest BCUT2D eigenvalue weighted by Crippen LogP contribution is -2.04. The van der Waals surface area contributed by atoms with Crippen molar-refractivity contribution in [1.29, 1.82) is 0 Å². The van der Waals surface area contributed by atoms with Crippen molar-refractivity contribution in [3.8, 4) is 21.9 Å². The molecule has 0 aliphatic carbocycles. The zero-order valence-electron chi connectivity index (χ0n) is 12.4. The van der Waals surface area contributed by atoms with Crippen LogP contribution in [0.1, 0.15) is 13.8 Å². The standard InChI is InChI=1S/C18H18O2S/c1-12(2)20-15-7-4-13(5-8-15)17-10-14-6-9-16(19-3)11-18(14)21-17/h4-12H,1-3H3. The Balaban J connectivity index is 1.92. The van der Waals surface area contributed by atoms with Crippen molar-refractivity contribution in [2.45, 2.75) is 20.0 Å². The van der Waals surface area contributed by atoms with Crippen LogP contribution in [-0.4, -0.2) is 13.2 Å². The molecule has 0 saturated carbocycles. The summed E-state index contributed by atoms with van der Waals surface area (Å²) in [4.78, 5) is 1.26. The number of benzene rings is 2.